The SMILES string of the molecule is CCC(C)C(C)(N)NNN. The molecule has 0 aromatic carbocycles. The lowest BCUT2D eigenvalue weighted by atomic mass is 9.95. The fourth-order valence-electron chi connectivity index (χ4n) is 0.703. The Bertz CT molecular complexity index is 91.7. The fourth-order valence-corrected chi connectivity index (χ4v) is 0.703. The van der Waals surface area contributed by atoms with Gasteiger partial charge in [-0.15, -0.1) is 0 Å². The molecule has 62 valence electrons. The van der Waals surface area contributed by atoms with Crippen LogP contribution >= 0.6 is 0 Å². The molecular formula is C6H18N4. The van der Waals surface area contributed by atoms with Crippen LogP contribution in [-0.2, 0) is 0 Å². The highest BCUT2D eigenvalue weighted by molar-refractivity contribution is 4.78. The van der Waals surface area contributed by atoms with E-state index >= 15 is 0 Å². The van der Waals surface area contributed by atoms with E-state index in [9.17, 15) is 0 Å². The first-order valence-electron chi connectivity index (χ1n) is 3.56. The summed E-state index contributed by atoms with van der Waals surface area (Å²) in [5.41, 5.74) is 10.5. The Labute approximate surface area is 62.3 Å². The molecule has 0 aliphatic rings. The van der Waals surface area contributed by atoms with Gasteiger partial charge in [0.25, 0.3) is 0 Å². The third kappa shape index (κ3) is 2.62. The minimum atomic E-state index is -0.427. The predicted molar refractivity (Wildman–Crippen MR) is 42.5 cm³/mol. The Balaban J connectivity index is 3.82. The van der Waals surface area contributed by atoms with Crippen LogP contribution in [0.3, 0.4) is 0 Å². The van der Waals surface area contributed by atoms with E-state index in [4.69, 9.17) is 11.6 Å². The van der Waals surface area contributed by atoms with Crippen LogP contribution in [0, 0.1) is 5.92 Å². The third-order valence-corrected chi connectivity index (χ3v) is 1.98. The Morgan fingerprint density at radius 1 is 1.60 bits per heavy atom. The van der Waals surface area contributed by atoms with Crippen LogP contribution in [-0.4, -0.2) is 5.66 Å². The maximum Gasteiger partial charge on any atom is 0.0802 e. The van der Waals surface area contributed by atoms with E-state index in [0.717, 1.165) is 6.42 Å². The molecule has 0 radical (unpaired) electrons. The average Bonchev–Trinajstić information content (AvgIpc) is 1.86. The molecule has 0 saturated carbocycles. The molecule has 0 aliphatic carbocycles. The van der Waals surface area contributed by atoms with Crippen molar-refractivity contribution in [2.75, 3.05) is 0 Å². The molecule has 4 nitrogen and oxygen atoms in total. The lowest BCUT2D eigenvalue weighted by molar-refractivity contribution is 0.217. The standard InChI is InChI=1S/C6H18N4/c1-4-5(2)6(3,7)9-10-8/h5,9-10H,4,7-8H2,1-3H3. The lowest BCUT2D eigenvalue weighted by Crippen LogP contribution is -2.62. The van der Waals surface area contributed by atoms with Crippen LogP contribution in [0.5, 0.6) is 0 Å². The first-order chi connectivity index (χ1) is 4.54. The summed E-state index contributed by atoms with van der Waals surface area (Å²) in [7, 11) is 0. The molecular weight excluding hydrogens is 128 g/mol. The zero-order chi connectivity index (χ0) is 8.20. The van der Waals surface area contributed by atoms with Gasteiger partial charge in [0.1, 0.15) is 0 Å². The zero-order valence-electron chi connectivity index (χ0n) is 6.94. The topological polar surface area (TPSA) is 76.1 Å². The van der Waals surface area contributed by atoms with E-state index in [1.807, 2.05) is 6.92 Å². The molecule has 0 fully saturated rings. The van der Waals surface area contributed by atoms with Crippen LogP contribution in [0.15, 0.2) is 0 Å². The molecule has 0 rings (SSSR count). The van der Waals surface area contributed by atoms with E-state index in [0.29, 0.717) is 5.92 Å². The zero-order valence-corrected chi connectivity index (χ0v) is 6.94. The lowest BCUT2D eigenvalue weighted by Gasteiger charge is -2.31. The molecule has 0 aromatic rings. The highest BCUT2D eigenvalue weighted by atomic mass is 15.6. The van der Waals surface area contributed by atoms with E-state index in [2.05, 4.69) is 24.8 Å². The van der Waals surface area contributed by atoms with Crippen molar-refractivity contribution in [3.05, 3.63) is 0 Å². The van der Waals surface area contributed by atoms with Crippen molar-refractivity contribution in [2.24, 2.45) is 17.5 Å². The summed E-state index contributed by atoms with van der Waals surface area (Å²) in [6, 6.07) is 0. The number of rotatable bonds is 4. The second-order valence-corrected chi connectivity index (χ2v) is 2.86. The molecule has 0 aliphatic heterocycles. The monoisotopic (exact) mass is 146 g/mol. The molecule has 2 unspecified atom stereocenters. The van der Waals surface area contributed by atoms with Crippen molar-refractivity contribution < 1.29 is 0 Å². The normalized spacial score (nSPS) is 20.1. The molecule has 0 saturated heterocycles. The molecule has 4 heteroatoms. The Morgan fingerprint density at radius 3 is 2.40 bits per heavy atom. The molecule has 0 amide bonds. The number of nitrogens with two attached hydrogens (primary N) is 2. The quantitative estimate of drug-likeness (QED) is 0.249. The molecule has 0 bridgehead atoms. The Hall–Kier alpha value is -0.160. The van der Waals surface area contributed by atoms with Crippen molar-refractivity contribution >= 4 is 0 Å². The van der Waals surface area contributed by atoms with Gasteiger partial charge in [0.2, 0.25) is 0 Å². The van der Waals surface area contributed by atoms with E-state index in [1.54, 1.807) is 0 Å². The number of nitrogens with one attached hydrogen (secondary N) is 2. The number of hydrazine groups is 2. The van der Waals surface area contributed by atoms with Gasteiger partial charge in [0, 0.05) is 0 Å². The maximum absolute atomic E-state index is 5.83. The van der Waals surface area contributed by atoms with Crippen molar-refractivity contribution in [3.63, 3.8) is 0 Å². The van der Waals surface area contributed by atoms with Crippen LogP contribution in [0.25, 0.3) is 0 Å². The maximum atomic E-state index is 5.83. The molecule has 0 aromatic heterocycles. The molecule has 6 N–H and O–H groups in total. The van der Waals surface area contributed by atoms with Gasteiger partial charge in [-0.2, -0.15) is 5.53 Å². The van der Waals surface area contributed by atoms with Gasteiger partial charge in [-0.1, -0.05) is 20.3 Å². The molecule has 0 heterocycles. The van der Waals surface area contributed by atoms with Gasteiger partial charge in [-0.3, -0.25) is 5.84 Å². The Kier molecular flexibility index (Phi) is 3.81. The molecule has 10 heavy (non-hydrogen) atoms. The van der Waals surface area contributed by atoms with E-state index < -0.39 is 5.66 Å². The van der Waals surface area contributed by atoms with Crippen LogP contribution in [0.2, 0.25) is 0 Å². The number of hydrogen-bond donors (Lipinski definition) is 4. The second kappa shape index (κ2) is 3.88. The van der Waals surface area contributed by atoms with Crippen molar-refractivity contribution in [1.29, 1.82) is 0 Å². The predicted octanol–water partition coefficient (Wildman–Crippen LogP) is -0.325. The highest BCUT2D eigenvalue weighted by Gasteiger charge is 2.23. The van der Waals surface area contributed by atoms with Gasteiger partial charge in [-0.05, 0) is 12.8 Å². The van der Waals surface area contributed by atoms with Crippen LogP contribution in [0.4, 0.5) is 0 Å². The van der Waals surface area contributed by atoms with Gasteiger partial charge in [0.15, 0.2) is 0 Å². The smallest absolute Gasteiger partial charge is 0.0802 e. The van der Waals surface area contributed by atoms with E-state index in [1.165, 1.54) is 0 Å². The van der Waals surface area contributed by atoms with Crippen LogP contribution < -0.4 is 22.5 Å². The fraction of sp³-hybridized carbons (Fsp3) is 1.00. The second-order valence-electron chi connectivity index (χ2n) is 2.86. The molecule has 0 spiro atoms. The summed E-state index contributed by atoms with van der Waals surface area (Å²) in [5, 5.41) is 0. The first-order valence-corrected chi connectivity index (χ1v) is 3.56. The van der Waals surface area contributed by atoms with Gasteiger partial charge < -0.3 is 5.73 Å². The van der Waals surface area contributed by atoms with Gasteiger partial charge >= 0.3 is 0 Å². The van der Waals surface area contributed by atoms with E-state index in [-0.39, 0.29) is 0 Å². The van der Waals surface area contributed by atoms with Gasteiger partial charge in [0.05, 0.1) is 5.66 Å². The third-order valence-electron chi connectivity index (χ3n) is 1.98. The van der Waals surface area contributed by atoms with Crippen LogP contribution in [0.1, 0.15) is 27.2 Å². The van der Waals surface area contributed by atoms with Crippen molar-refractivity contribution in [3.8, 4) is 0 Å². The minimum Gasteiger partial charge on any atom is -0.312 e. The van der Waals surface area contributed by atoms with Crippen molar-refractivity contribution in [2.45, 2.75) is 32.9 Å². The van der Waals surface area contributed by atoms with Gasteiger partial charge in [-0.25, -0.2) is 5.43 Å². The van der Waals surface area contributed by atoms with Crippen molar-refractivity contribution in [1.82, 2.24) is 11.0 Å². The Morgan fingerprint density at radius 2 is 2.10 bits per heavy atom. The minimum absolute atomic E-state index is 0.392. The molecule has 2 atom stereocenters. The summed E-state index contributed by atoms with van der Waals surface area (Å²) >= 11 is 0. The summed E-state index contributed by atoms with van der Waals surface area (Å²) in [4.78, 5) is 0. The summed E-state index contributed by atoms with van der Waals surface area (Å²) in [5.74, 6) is 5.46. The summed E-state index contributed by atoms with van der Waals surface area (Å²) < 4.78 is 0. The highest BCUT2D eigenvalue weighted by Crippen LogP contribution is 2.12. The largest absolute Gasteiger partial charge is 0.312 e. The summed E-state index contributed by atoms with van der Waals surface area (Å²) in [6.07, 6.45) is 1.03. The first kappa shape index (κ1) is 9.84. The summed E-state index contributed by atoms with van der Waals surface area (Å²) in [6.45, 7) is 6.07. The number of hydrogen-bond acceptors (Lipinski definition) is 4. The average molecular weight is 146 g/mol.